The van der Waals surface area contributed by atoms with Crippen LogP contribution in [0.15, 0.2) is 24.3 Å². The minimum atomic E-state index is 0.110. The van der Waals surface area contributed by atoms with Gasteiger partial charge in [0.2, 0.25) is 0 Å². The van der Waals surface area contributed by atoms with Gasteiger partial charge in [0.1, 0.15) is 5.75 Å². The maximum absolute atomic E-state index is 12.7. The van der Waals surface area contributed by atoms with Crippen LogP contribution in [-0.2, 0) is 0 Å². The van der Waals surface area contributed by atoms with Gasteiger partial charge in [-0.2, -0.15) is 0 Å². The molecule has 2 saturated heterocycles. The number of nitrogens with zero attached hydrogens (tertiary/aromatic N) is 1. The number of ether oxygens (including phenoxy) is 1. The fraction of sp³-hybridized carbons (Fsp3) is 0.588. The van der Waals surface area contributed by atoms with Crippen LogP contribution in [-0.4, -0.2) is 43.1 Å². The maximum atomic E-state index is 12.7. The molecule has 21 heavy (non-hydrogen) atoms. The number of para-hydroxylation sites is 1. The number of benzene rings is 1. The summed E-state index contributed by atoms with van der Waals surface area (Å²) >= 11 is 0. The largest absolute Gasteiger partial charge is 0.493 e. The summed E-state index contributed by atoms with van der Waals surface area (Å²) in [6, 6.07) is 8.11. The number of unbranched alkanes of at least 4 members (excludes halogenated alkanes) is 1. The number of carbonyl (C=O) groups is 1. The summed E-state index contributed by atoms with van der Waals surface area (Å²) < 4.78 is 5.79. The molecule has 1 aromatic rings. The Hall–Kier alpha value is -1.55. The van der Waals surface area contributed by atoms with Crippen molar-refractivity contribution in [2.45, 2.75) is 32.2 Å². The van der Waals surface area contributed by atoms with Gasteiger partial charge in [0.05, 0.1) is 12.2 Å². The van der Waals surface area contributed by atoms with Gasteiger partial charge in [0.25, 0.3) is 5.91 Å². The van der Waals surface area contributed by atoms with Crippen molar-refractivity contribution in [1.29, 1.82) is 0 Å². The second-order valence-electron chi connectivity index (χ2n) is 6.02. The van der Waals surface area contributed by atoms with E-state index in [-0.39, 0.29) is 5.91 Å². The number of fused-ring (bicyclic) bond motifs is 1. The number of nitrogens with one attached hydrogen (secondary N) is 1. The average molecular weight is 288 g/mol. The van der Waals surface area contributed by atoms with Gasteiger partial charge >= 0.3 is 0 Å². The predicted molar refractivity (Wildman–Crippen MR) is 82.6 cm³/mol. The molecule has 2 atom stereocenters. The lowest BCUT2D eigenvalue weighted by atomic mass is 10.1. The van der Waals surface area contributed by atoms with Gasteiger partial charge in [-0.15, -0.1) is 0 Å². The first-order chi connectivity index (χ1) is 10.3. The Morgan fingerprint density at radius 1 is 1.38 bits per heavy atom. The highest BCUT2D eigenvalue weighted by Crippen LogP contribution is 2.28. The van der Waals surface area contributed by atoms with Gasteiger partial charge in [-0.3, -0.25) is 4.79 Å². The second-order valence-corrected chi connectivity index (χ2v) is 6.02. The molecule has 3 rings (SSSR count). The maximum Gasteiger partial charge on any atom is 0.257 e. The molecule has 114 valence electrons. The summed E-state index contributed by atoms with van der Waals surface area (Å²) in [5.74, 6) is 1.46. The number of carbonyl (C=O) groups excluding carboxylic acids is 1. The fourth-order valence-corrected chi connectivity index (χ4v) is 3.28. The van der Waals surface area contributed by atoms with Crippen molar-refractivity contribution in [3.63, 3.8) is 0 Å². The second kappa shape index (κ2) is 6.48. The molecule has 0 spiro atoms. The first-order valence-electron chi connectivity index (χ1n) is 8.04. The van der Waals surface area contributed by atoms with Gasteiger partial charge in [-0.05, 0) is 37.4 Å². The Morgan fingerprint density at radius 3 is 3.05 bits per heavy atom. The zero-order valence-corrected chi connectivity index (χ0v) is 12.7. The highest BCUT2D eigenvalue weighted by atomic mass is 16.5. The number of likely N-dealkylation sites (tertiary alicyclic amines) is 1. The van der Waals surface area contributed by atoms with Crippen LogP contribution in [0.3, 0.4) is 0 Å². The third-order valence-corrected chi connectivity index (χ3v) is 4.52. The van der Waals surface area contributed by atoms with E-state index in [1.165, 1.54) is 6.42 Å². The third kappa shape index (κ3) is 3.05. The van der Waals surface area contributed by atoms with Crippen molar-refractivity contribution in [2.24, 2.45) is 5.92 Å². The van der Waals surface area contributed by atoms with E-state index in [1.807, 2.05) is 29.2 Å². The summed E-state index contributed by atoms with van der Waals surface area (Å²) in [6.07, 6.45) is 3.29. The molecule has 0 aliphatic carbocycles. The molecule has 1 amide bonds. The standard InChI is InChI=1S/C17H24N2O2/c1-2-3-10-21-16-7-5-4-6-14(16)17(20)19-11-13-8-9-18-15(13)12-19/h4-7,13,15,18H,2-3,8-12H2,1H3/t13-,15+/m0/s1. The molecular weight excluding hydrogens is 264 g/mol. The fourth-order valence-electron chi connectivity index (χ4n) is 3.28. The van der Waals surface area contributed by atoms with E-state index in [0.717, 1.165) is 38.2 Å². The minimum Gasteiger partial charge on any atom is -0.493 e. The van der Waals surface area contributed by atoms with E-state index in [1.54, 1.807) is 0 Å². The van der Waals surface area contributed by atoms with Crippen molar-refractivity contribution in [2.75, 3.05) is 26.2 Å². The lowest BCUT2D eigenvalue weighted by molar-refractivity contribution is 0.0778. The first-order valence-corrected chi connectivity index (χ1v) is 8.04. The van der Waals surface area contributed by atoms with Crippen LogP contribution in [0.4, 0.5) is 0 Å². The van der Waals surface area contributed by atoms with Gasteiger partial charge in [-0.25, -0.2) is 0 Å². The molecule has 0 unspecified atom stereocenters. The molecule has 2 aliphatic heterocycles. The highest BCUT2D eigenvalue weighted by molar-refractivity contribution is 5.97. The van der Waals surface area contributed by atoms with Gasteiger partial charge in [0.15, 0.2) is 0 Å². The van der Waals surface area contributed by atoms with Crippen LogP contribution >= 0.6 is 0 Å². The van der Waals surface area contributed by atoms with Gasteiger partial charge in [-0.1, -0.05) is 25.5 Å². The Morgan fingerprint density at radius 2 is 2.24 bits per heavy atom. The Balaban J connectivity index is 1.69. The van der Waals surface area contributed by atoms with E-state index >= 15 is 0 Å². The van der Waals surface area contributed by atoms with Crippen LogP contribution in [0.25, 0.3) is 0 Å². The predicted octanol–water partition coefficient (Wildman–Crippen LogP) is 2.30. The van der Waals surface area contributed by atoms with Crippen molar-refractivity contribution in [3.05, 3.63) is 29.8 Å². The van der Waals surface area contributed by atoms with Crippen molar-refractivity contribution >= 4 is 5.91 Å². The Labute approximate surface area is 126 Å². The minimum absolute atomic E-state index is 0.110. The lowest BCUT2D eigenvalue weighted by Crippen LogP contribution is -2.34. The normalized spacial score (nSPS) is 24.1. The van der Waals surface area contributed by atoms with Crippen LogP contribution < -0.4 is 10.1 Å². The number of amides is 1. The van der Waals surface area contributed by atoms with Crippen molar-refractivity contribution in [3.8, 4) is 5.75 Å². The summed E-state index contributed by atoms with van der Waals surface area (Å²) in [5.41, 5.74) is 0.702. The van der Waals surface area contributed by atoms with E-state index in [2.05, 4.69) is 12.2 Å². The first kappa shape index (κ1) is 14.4. The number of hydrogen-bond donors (Lipinski definition) is 1. The van der Waals surface area contributed by atoms with Crippen LogP contribution in [0.1, 0.15) is 36.5 Å². The molecule has 4 heteroatoms. The zero-order chi connectivity index (χ0) is 14.7. The summed E-state index contributed by atoms with van der Waals surface area (Å²) in [5, 5.41) is 3.49. The van der Waals surface area contributed by atoms with Gasteiger partial charge in [0, 0.05) is 19.1 Å². The monoisotopic (exact) mass is 288 g/mol. The van der Waals surface area contributed by atoms with E-state index in [0.29, 0.717) is 24.1 Å². The molecule has 4 nitrogen and oxygen atoms in total. The van der Waals surface area contributed by atoms with E-state index in [4.69, 9.17) is 4.74 Å². The Kier molecular flexibility index (Phi) is 4.44. The molecule has 2 heterocycles. The molecule has 1 N–H and O–H groups in total. The zero-order valence-electron chi connectivity index (χ0n) is 12.7. The summed E-state index contributed by atoms with van der Waals surface area (Å²) in [7, 11) is 0. The molecule has 0 saturated carbocycles. The third-order valence-electron chi connectivity index (χ3n) is 4.52. The molecule has 0 aromatic heterocycles. The smallest absolute Gasteiger partial charge is 0.257 e. The molecule has 1 aromatic carbocycles. The molecule has 0 radical (unpaired) electrons. The quantitative estimate of drug-likeness (QED) is 0.845. The Bertz CT molecular complexity index is 491. The van der Waals surface area contributed by atoms with Gasteiger partial charge < -0.3 is 15.0 Å². The van der Waals surface area contributed by atoms with E-state index < -0.39 is 0 Å². The molecule has 2 aliphatic rings. The molecular formula is C17H24N2O2. The summed E-state index contributed by atoms with van der Waals surface area (Å²) in [4.78, 5) is 14.7. The summed E-state index contributed by atoms with van der Waals surface area (Å²) in [6.45, 7) is 5.60. The van der Waals surface area contributed by atoms with Crippen molar-refractivity contribution < 1.29 is 9.53 Å². The molecule has 2 fully saturated rings. The van der Waals surface area contributed by atoms with Crippen LogP contribution in [0.5, 0.6) is 5.75 Å². The van der Waals surface area contributed by atoms with Crippen molar-refractivity contribution in [1.82, 2.24) is 10.2 Å². The average Bonchev–Trinajstić information content (AvgIpc) is 3.08. The SMILES string of the molecule is CCCCOc1ccccc1C(=O)N1C[C@@H]2CCN[C@@H]2C1. The lowest BCUT2D eigenvalue weighted by Gasteiger charge is -2.19. The van der Waals surface area contributed by atoms with E-state index in [9.17, 15) is 4.79 Å². The topological polar surface area (TPSA) is 41.6 Å². The number of rotatable bonds is 5. The van der Waals surface area contributed by atoms with Crippen LogP contribution in [0, 0.1) is 5.92 Å². The highest BCUT2D eigenvalue weighted by Gasteiger charge is 2.38. The number of hydrogen-bond acceptors (Lipinski definition) is 3. The van der Waals surface area contributed by atoms with Crippen LogP contribution in [0.2, 0.25) is 0 Å². The molecule has 0 bridgehead atoms.